The van der Waals surface area contributed by atoms with Crippen LogP contribution in [0.15, 0.2) is 83.3 Å². The lowest BCUT2D eigenvalue weighted by molar-refractivity contribution is -0.116. The van der Waals surface area contributed by atoms with E-state index in [0.717, 1.165) is 33.7 Å². The van der Waals surface area contributed by atoms with Crippen molar-refractivity contribution in [2.24, 2.45) is 0 Å². The summed E-state index contributed by atoms with van der Waals surface area (Å²) >= 11 is 6.35. The minimum Gasteiger partial charge on any atom is -0.507 e. The molecule has 0 saturated carbocycles. The lowest BCUT2D eigenvalue weighted by Crippen LogP contribution is -2.30. The Kier molecular flexibility index (Phi) is 7.17. The number of fused-ring (bicyclic) bond motifs is 5. The largest absolute Gasteiger partial charge is 0.507 e. The van der Waals surface area contributed by atoms with E-state index in [0.29, 0.717) is 52.6 Å². The average molecular weight is 621 g/mol. The van der Waals surface area contributed by atoms with Crippen molar-refractivity contribution in [2.45, 2.75) is 25.7 Å². The van der Waals surface area contributed by atoms with Gasteiger partial charge in [-0.25, -0.2) is 0 Å². The fourth-order valence-corrected chi connectivity index (χ4v) is 6.34. The summed E-state index contributed by atoms with van der Waals surface area (Å²) in [6, 6.07) is 23.1. The first-order valence-corrected chi connectivity index (χ1v) is 15.3. The van der Waals surface area contributed by atoms with Crippen LogP contribution < -0.4 is 15.5 Å². The van der Waals surface area contributed by atoms with Crippen molar-refractivity contribution in [1.29, 1.82) is 0 Å². The summed E-state index contributed by atoms with van der Waals surface area (Å²) in [5.41, 5.74) is 4.40. The Bertz CT molecular complexity index is 2150. The molecule has 0 fully saturated rings. The highest BCUT2D eigenvalue weighted by molar-refractivity contribution is 6.19. The Morgan fingerprint density at radius 2 is 1.71 bits per heavy atom. The molecule has 45 heavy (non-hydrogen) atoms. The molecule has 4 N–H and O–H groups in total. The van der Waals surface area contributed by atoms with E-state index in [-0.39, 0.29) is 29.2 Å². The molecule has 0 spiro atoms. The fourth-order valence-electron chi connectivity index (χ4n) is 6.09. The highest BCUT2D eigenvalue weighted by Crippen LogP contribution is 2.45. The number of hydrogen-bond donors (Lipinski definition) is 4. The molecule has 1 aliphatic rings. The molecule has 3 heterocycles. The van der Waals surface area contributed by atoms with Gasteiger partial charge in [-0.1, -0.05) is 31.2 Å². The predicted octanol–water partition coefficient (Wildman–Crippen LogP) is 7.75. The number of phenolic OH excluding ortho intramolecular Hbond substituents is 1. The molecular formula is C35H29ClN4O5. The highest BCUT2D eigenvalue weighted by atomic mass is 35.5. The third-order valence-electron chi connectivity index (χ3n) is 8.19. The van der Waals surface area contributed by atoms with Crippen molar-refractivity contribution in [1.82, 2.24) is 4.98 Å². The van der Waals surface area contributed by atoms with Gasteiger partial charge < -0.3 is 30.0 Å². The van der Waals surface area contributed by atoms with Crippen molar-refractivity contribution in [2.75, 3.05) is 28.0 Å². The number of nitrogens with zero attached hydrogens (tertiary/aromatic N) is 1. The Hall–Kier alpha value is -5.28. The van der Waals surface area contributed by atoms with E-state index in [1.807, 2.05) is 31.2 Å². The summed E-state index contributed by atoms with van der Waals surface area (Å²) in [5, 5.41) is 19.5. The quantitative estimate of drug-likeness (QED) is 0.136. The molecule has 4 aromatic carbocycles. The van der Waals surface area contributed by atoms with E-state index < -0.39 is 5.91 Å². The van der Waals surface area contributed by atoms with Gasteiger partial charge in [-0.3, -0.25) is 14.4 Å². The number of carbonyl (C=O) groups excluding carboxylic acids is 3. The number of carbonyl (C=O) groups is 3. The van der Waals surface area contributed by atoms with Crippen LogP contribution in [0.25, 0.3) is 32.6 Å². The van der Waals surface area contributed by atoms with Gasteiger partial charge in [-0.15, -0.1) is 11.6 Å². The number of nitrogens with one attached hydrogen (secondary N) is 3. The van der Waals surface area contributed by atoms with Crippen LogP contribution in [0.2, 0.25) is 0 Å². The van der Waals surface area contributed by atoms with Crippen LogP contribution in [-0.2, 0) is 4.79 Å². The molecule has 1 aliphatic heterocycles. The van der Waals surface area contributed by atoms with Gasteiger partial charge in [0.2, 0.25) is 5.91 Å². The monoisotopic (exact) mass is 620 g/mol. The van der Waals surface area contributed by atoms with E-state index in [4.69, 9.17) is 16.0 Å². The van der Waals surface area contributed by atoms with Crippen LogP contribution >= 0.6 is 11.6 Å². The summed E-state index contributed by atoms with van der Waals surface area (Å²) in [6.07, 6.45) is 1.18. The molecular weight excluding hydrogens is 592 g/mol. The maximum atomic E-state index is 13.8. The zero-order chi connectivity index (χ0) is 31.2. The van der Waals surface area contributed by atoms with E-state index in [2.05, 4.69) is 15.6 Å². The number of rotatable bonds is 7. The van der Waals surface area contributed by atoms with Gasteiger partial charge in [0.05, 0.1) is 5.69 Å². The van der Waals surface area contributed by atoms with E-state index in [1.165, 1.54) is 0 Å². The molecule has 0 bridgehead atoms. The Labute approximate surface area is 262 Å². The summed E-state index contributed by atoms with van der Waals surface area (Å²) in [7, 11) is 0. The van der Waals surface area contributed by atoms with Crippen molar-refractivity contribution >= 4 is 79.0 Å². The van der Waals surface area contributed by atoms with Gasteiger partial charge in [-0.05, 0) is 65.9 Å². The molecule has 1 atom stereocenters. The van der Waals surface area contributed by atoms with Crippen molar-refractivity contribution in [3.8, 4) is 5.75 Å². The topological polar surface area (TPSA) is 128 Å². The maximum Gasteiger partial charge on any atom is 0.291 e. The normalized spacial score (nSPS) is 14.3. The van der Waals surface area contributed by atoms with Gasteiger partial charge in [0.15, 0.2) is 5.76 Å². The van der Waals surface area contributed by atoms with Gasteiger partial charge in [0.25, 0.3) is 11.8 Å². The number of phenols is 1. The lowest BCUT2D eigenvalue weighted by Gasteiger charge is -2.17. The number of halogens is 1. The molecule has 0 saturated heterocycles. The molecule has 7 rings (SSSR count). The van der Waals surface area contributed by atoms with Crippen molar-refractivity contribution in [3.63, 3.8) is 0 Å². The number of furan rings is 1. The summed E-state index contributed by atoms with van der Waals surface area (Å²) < 4.78 is 5.76. The molecule has 0 radical (unpaired) electrons. The van der Waals surface area contributed by atoms with Crippen LogP contribution in [0.1, 0.15) is 52.3 Å². The number of aromatic hydroxyl groups is 1. The van der Waals surface area contributed by atoms with Crippen LogP contribution in [-0.4, -0.2) is 40.2 Å². The molecule has 6 aromatic rings. The second-order valence-electron chi connectivity index (χ2n) is 11.2. The molecule has 0 aliphatic carbocycles. The number of anilines is 3. The zero-order valence-corrected chi connectivity index (χ0v) is 25.1. The smallest absolute Gasteiger partial charge is 0.291 e. The van der Waals surface area contributed by atoms with E-state index >= 15 is 0 Å². The van der Waals surface area contributed by atoms with Crippen LogP contribution in [0.5, 0.6) is 5.75 Å². The van der Waals surface area contributed by atoms with Gasteiger partial charge in [0.1, 0.15) is 17.0 Å². The standard InChI is InChI=1S/C35H29ClN4O5/c1-2-5-32(42)37-22-9-11-30-20(13-22)15-31(45-30)34(43)38-23-8-10-26-19(12-23)14-27(39-26)35(44)40-18-21(17-36)33-25-7-4-3-6-24(25)29(41)16-28(33)40/h3-4,6-16,21,39,41H,2,5,17-18H2,1H3,(H,37,42)(H,38,43). The average Bonchev–Trinajstić information content (AvgIpc) is 3.75. The highest BCUT2D eigenvalue weighted by Gasteiger charge is 2.35. The summed E-state index contributed by atoms with van der Waals surface area (Å²) in [5.74, 6) is -0.242. The number of benzene rings is 4. The Morgan fingerprint density at radius 1 is 0.956 bits per heavy atom. The van der Waals surface area contributed by atoms with E-state index in [9.17, 15) is 19.5 Å². The van der Waals surface area contributed by atoms with Crippen LogP contribution in [0.4, 0.5) is 17.1 Å². The number of H-pyrrole nitrogens is 1. The van der Waals surface area contributed by atoms with Gasteiger partial charge in [0, 0.05) is 63.9 Å². The summed E-state index contributed by atoms with van der Waals surface area (Å²) in [4.78, 5) is 43.7. The summed E-state index contributed by atoms with van der Waals surface area (Å²) in [6.45, 7) is 2.33. The second-order valence-corrected chi connectivity index (χ2v) is 11.6. The van der Waals surface area contributed by atoms with Crippen LogP contribution in [0.3, 0.4) is 0 Å². The number of aromatic nitrogens is 1. The van der Waals surface area contributed by atoms with Gasteiger partial charge >= 0.3 is 0 Å². The van der Waals surface area contributed by atoms with Gasteiger partial charge in [-0.2, -0.15) is 0 Å². The number of hydrogen-bond acceptors (Lipinski definition) is 5. The molecule has 2 aromatic heterocycles. The second kappa shape index (κ2) is 11.3. The third-order valence-corrected chi connectivity index (χ3v) is 8.56. The zero-order valence-electron chi connectivity index (χ0n) is 24.3. The van der Waals surface area contributed by atoms with Crippen molar-refractivity contribution in [3.05, 3.63) is 95.9 Å². The first-order chi connectivity index (χ1) is 21.8. The SMILES string of the molecule is CCCC(=O)Nc1ccc2oc(C(=O)Nc3ccc4[nH]c(C(=O)N5CC(CCl)c6c5cc(O)c5ccccc65)cc4c3)cc2c1. The molecule has 226 valence electrons. The maximum absolute atomic E-state index is 13.8. The van der Waals surface area contributed by atoms with Crippen molar-refractivity contribution < 1.29 is 23.9 Å². The Morgan fingerprint density at radius 3 is 2.51 bits per heavy atom. The number of aromatic amines is 1. The molecule has 10 heteroatoms. The predicted molar refractivity (Wildman–Crippen MR) is 177 cm³/mol. The first-order valence-electron chi connectivity index (χ1n) is 14.7. The molecule has 1 unspecified atom stereocenters. The fraction of sp³-hybridized carbons (Fsp3) is 0.171. The first kappa shape index (κ1) is 28.5. The molecule has 3 amide bonds. The molecule has 9 nitrogen and oxygen atoms in total. The lowest BCUT2D eigenvalue weighted by atomic mass is 9.95. The minimum absolute atomic E-state index is 0.0686. The third kappa shape index (κ3) is 5.15. The Balaban J connectivity index is 1.12. The van der Waals surface area contributed by atoms with Crippen LogP contribution in [0, 0.1) is 0 Å². The number of amides is 3. The van der Waals surface area contributed by atoms with E-state index in [1.54, 1.807) is 59.5 Å². The minimum atomic E-state index is -0.429. The number of alkyl halides is 1.